The number of aromatic nitrogens is 1. The SMILES string of the molecule is Cc1cccc(C(=O)N[C@@H](C)C(=O)OCC(=O)[C@H](C#N)c2nc(C)cs2)c1. The minimum Gasteiger partial charge on any atom is -0.456 e. The second kappa shape index (κ2) is 9.05. The Morgan fingerprint density at radius 1 is 1.33 bits per heavy atom. The van der Waals surface area contributed by atoms with E-state index in [1.807, 2.05) is 19.1 Å². The molecule has 1 N–H and O–H groups in total. The van der Waals surface area contributed by atoms with Gasteiger partial charge in [-0.1, -0.05) is 17.7 Å². The van der Waals surface area contributed by atoms with Crippen LogP contribution in [0.25, 0.3) is 0 Å². The van der Waals surface area contributed by atoms with E-state index in [-0.39, 0.29) is 0 Å². The highest BCUT2D eigenvalue weighted by Gasteiger charge is 2.26. The second-order valence-electron chi connectivity index (χ2n) is 6.03. The molecule has 2 aromatic rings. The normalized spacial score (nSPS) is 12.5. The van der Waals surface area contributed by atoms with Crippen molar-refractivity contribution in [3.8, 4) is 6.07 Å². The fourth-order valence-electron chi connectivity index (χ4n) is 2.25. The number of ether oxygens (including phenoxy) is 1. The van der Waals surface area contributed by atoms with E-state index < -0.39 is 36.2 Å². The monoisotopic (exact) mass is 385 g/mol. The van der Waals surface area contributed by atoms with E-state index in [2.05, 4.69) is 10.3 Å². The average Bonchev–Trinajstić information content (AvgIpc) is 3.06. The fraction of sp³-hybridized carbons (Fsp3) is 0.316. The summed E-state index contributed by atoms with van der Waals surface area (Å²) in [6.07, 6.45) is 0. The molecule has 0 spiro atoms. The summed E-state index contributed by atoms with van der Waals surface area (Å²) in [4.78, 5) is 40.5. The molecular formula is C19H19N3O4S. The zero-order chi connectivity index (χ0) is 20.0. The highest BCUT2D eigenvalue weighted by atomic mass is 32.1. The van der Waals surface area contributed by atoms with Crippen molar-refractivity contribution in [3.63, 3.8) is 0 Å². The summed E-state index contributed by atoms with van der Waals surface area (Å²) in [5, 5.41) is 13.8. The third kappa shape index (κ3) is 5.46. The lowest BCUT2D eigenvalue weighted by atomic mass is 10.1. The van der Waals surface area contributed by atoms with Gasteiger partial charge in [-0.15, -0.1) is 11.3 Å². The zero-order valence-corrected chi connectivity index (χ0v) is 16.0. The minimum absolute atomic E-state index is 0.372. The van der Waals surface area contributed by atoms with E-state index in [1.165, 1.54) is 18.3 Å². The molecule has 0 aliphatic heterocycles. The molecule has 0 bridgehead atoms. The van der Waals surface area contributed by atoms with Crippen molar-refractivity contribution in [1.82, 2.24) is 10.3 Å². The summed E-state index contributed by atoms with van der Waals surface area (Å²) in [7, 11) is 0. The maximum absolute atomic E-state index is 12.2. The van der Waals surface area contributed by atoms with E-state index >= 15 is 0 Å². The third-order valence-electron chi connectivity index (χ3n) is 3.67. The molecule has 0 unspecified atom stereocenters. The summed E-state index contributed by atoms with van der Waals surface area (Å²) in [6.45, 7) is 4.53. The molecule has 8 heteroatoms. The van der Waals surface area contributed by atoms with Crippen LogP contribution in [-0.2, 0) is 14.3 Å². The lowest BCUT2D eigenvalue weighted by Gasteiger charge is -2.14. The lowest BCUT2D eigenvalue weighted by Crippen LogP contribution is -2.40. The number of thiazole rings is 1. The number of amides is 1. The molecule has 0 saturated carbocycles. The van der Waals surface area contributed by atoms with Gasteiger partial charge < -0.3 is 10.1 Å². The smallest absolute Gasteiger partial charge is 0.328 e. The van der Waals surface area contributed by atoms with Crippen LogP contribution >= 0.6 is 11.3 Å². The highest BCUT2D eigenvalue weighted by Crippen LogP contribution is 2.20. The summed E-state index contributed by atoms with van der Waals surface area (Å²) < 4.78 is 4.96. The van der Waals surface area contributed by atoms with Crippen molar-refractivity contribution < 1.29 is 19.1 Å². The van der Waals surface area contributed by atoms with Gasteiger partial charge in [0.15, 0.2) is 18.3 Å². The lowest BCUT2D eigenvalue weighted by molar-refractivity contribution is -0.149. The van der Waals surface area contributed by atoms with Crippen LogP contribution < -0.4 is 5.32 Å². The summed E-state index contributed by atoms with van der Waals surface area (Å²) in [5.41, 5.74) is 2.06. The Kier molecular flexibility index (Phi) is 6.79. The number of hydrogen-bond acceptors (Lipinski definition) is 7. The molecule has 27 heavy (non-hydrogen) atoms. The number of aryl methyl sites for hydroxylation is 2. The van der Waals surface area contributed by atoms with Gasteiger partial charge in [-0.3, -0.25) is 9.59 Å². The van der Waals surface area contributed by atoms with Crippen LogP contribution in [0.3, 0.4) is 0 Å². The Labute approximate surface area is 161 Å². The van der Waals surface area contributed by atoms with Crippen molar-refractivity contribution >= 4 is 29.0 Å². The molecule has 0 fully saturated rings. The summed E-state index contributed by atoms with van der Waals surface area (Å²) in [6, 6.07) is 7.88. The van der Waals surface area contributed by atoms with Gasteiger partial charge in [0.05, 0.1) is 6.07 Å². The molecule has 2 rings (SSSR count). The quantitative estimate of drug-likeness (QED) is 0.733. The minimum atomic E-state index is -1.08. The van der Waals surface area contributed by atoms with Gasteiger partial charge in [0, 0.05) is 16.6 Å². The number of ketones is 1. The van der Waals surface area contributed by atoms with Crippen LogP contribution in [0.1, 0.15) is 39.5 Å². The van der Waals surface area contributed by atoms with Crippen LogP contribution in [0, 0.1) is 25.2 Å². The second-order valence-corrected chi connectivity index (χ2v) is 6.92. The van der Waals surface area contributed by atoms with E-state index in [0.717, 1.165) is 5.56 Å². The van der Waals surface area contributed by atoms with Gasteiger partial charge in [-0.05, 0) is 32.9 Å². The molecule has 1 heterocycles. The zero-order valence-electron chi connectivity index (χ0n) is 15.2. The van der Waals surface area contributed by atoms with Gasteiger partial charge >= 0.3 is 5.97 Å². The van der Waals surface area contributed by atoms with Crippen molar-refractivity contribution in [2.75, 3.05) is 6.61 Å². The van der Waals surface area contributed by atoms with Gasteiger partial charge in [0.1, 0.15) is 11.0 Å². The Bertz CT molecular complexity index is 900. The van der Waals surface area contributed by atoms with Gasteiger partial charge in [-0.2, -0.15) is 5.26 Å². The molecule has 0 saturated heterocycles. The van der Waals surface area contributed by atoms with Gasteiger partial charge in [0.2, 0.25) is 0 Å². The van der Waals surface area contributed by atoms with E-state index in [4.69, 9.17) is 4.74 Å². The van der Waals surface area contributed by atoms with E-state index in [0.29, 0.717) is 16.3 Å². The summed E-state index contributed by atoms with van der Waals surface area (Å²) in [5.74, 6) is -2.80. The molecule has 1 aromatic heterocycles. The number of nitriles is 1. The van der Waals surface area contributed by atoms with Crippen molar-refractivity contribution in [2.24, 2.45) is 0 Å². The first-order chi connectivity index (χ1) is 12.8. The fourth-order valence-corrected chi connectivity index (χ4v) is 3.11. The van der Waals surface area contributed by atoms with Crippen LogP contribution in [-0.4, -0.2) is 35.3 Å². The van der Waals surface area contributed by atoms with E-state index in [1.54, 1.807) is 30.5 Å². The maximum atomic E-state index is 12.2. The largest absolute Gasteiger partial charge is 0.456 e. The number of rotatable bonds is 7. The molecule has 7 nitrogen and oxygen atoms in total. The van der Waals surface area contributed by atoms with Crippen LogP contribution in [0.5, 0.6) is 0 Å². The Balaban J connectivity index is 1.89. The Morgan fingerprint density at radius 3 is 2.67 bits per heavy atom. The number of nitrogens with zero attached hydrogens (tertiary/aromatic N) is 2. The first-order valence-electron chi connectivity index (χ1n) is 8.20. The maximum Gasteiger partial charge on any atom is 0.328 e. The van der Waals surface area contributed by atoms with Crippen molar-refractivity contribution in [3.05, 3.63) is 51.5 Å². The van der Waals surface area contributed by atoms with E-state index in [9.17, 15) is 19.6 Å². The first-order valence-corrected chi connectivity index (χ1v) is 9.08. The van der Waals surface area contributed by atoms with Crippen LogP contribution in [0.15, 0.2) is 29.6 Å². The topological polar surface area (TPSA) is 109 Å². The number of Topliss-reactive ketones (excluding diaryl/α,β-unsaturated/α-hetero) is 1. The standard InChI is InChI=1S/C19H19N3O4S/c1-11-5-4-6-14(7-11)17(24)22-13(3)19(25)26-9-16(23)15(8-20)18-21-12(2)10-27-18/h4-7,10,13,15H,9H2,1-3H3,(H,22,24)/t13-,15-/m0/s1. The Morgan fingerprint density at radius 2 is 2.07 bits per heavy atom. The van der Waals surface area contributed by atoms with Crippen LogP contribution in [0.4, 0.5) is 0 Å². The predicted octanol–water partition coefficient (Wildman–Crippen LogP) is 2.30. The number of carbonyl (C=O) groups excluding carboxylic acids is 3. The number of esters is 1. The third-order valence-corrected chi connectivity index (χ3v) is 4.70. The predicted molar refractivity (Wildman–Crippen MR) is 99.3 cm³/mol. The van der Waals surface area contributed by atoms with Crippen LogP contribution in [0.2, 0.25) is 0 Å². The first kappa shape index (κ1) is 20.3. The number of hydrogen-bond donors (Lipinski definition) is 1. The molecule has 1 amide bonds. The number of benzene rings is 1. The molecule has 2 atom stereocenters. The molecule has 0 aliphatic carbocycles. The molecule has 140 valence electrons. The van der Waals surface area contributed by atoms with Gasteiger partial charge in [0.25, 0.3) is 5.91 Å². The average molecular weight is 385 g/mol. The summed E-state index contributed by atoms with van der Waals surface area (Å²) >= 11 is 1.21. The van der Waals surface area contributed by atoms with Crippen molar-refractivity contribution in [2.45, 2.75) is 32.7 Å². The number of carbonyl (C=O) groups is 3. The number of nitrogens with one attached hydrogen (secondary N) is 1. The molecule has 1 aromatic carbocycles. The van der Waals surface area contributed by atoms with Gasteiger partial charge in [-0.25, -0.2) is 9.78 Å². The highest BCUT2D eigenvalue weighted by molar-refractivity contribution is 7.09. The molecular weight excluding hydrogens is 366 g/mol. The molecule has 0 radical (unpaired) electrons. The Hall–Kier alpha value is -3.05. The molecule has 0 aliphatic rings. The van der Waals surface area contributed by atoms with Crippen molar-refractivity contribution in [1.29, 1.82) is 5.26 Å².